The molecule has 0 radical (unpaired) electrons. The molecule has 0 fully saturated rings. The Morgan fingerprint density at radius 1 is 1.14 bits per heavy atom. The zero-order valence-corrected chi connectivity index (χ0v) is 15.7. The van der Waals surface area contributed by atoms with Crippen molar-refractivity contribution in [3.8, 4) is 5.75 Å². The highest BCUT2D eigenvalue weighted by atomic mass is 32.2. The number of nitro groups is 3. The summed E-state index contributed by atoms with van der Waals surface area (Å²) in [6.45, 7) is 0. The number of nitrogens with two attached hydrogens (primary N) is 1. The molecule has 0 aliphatic heterocycles. The van der Waals surface area contributed by atoms with Gasteiger partial charge in [-0.1, -0.05) is 0 Å². The lowest BCUT2D eigenvalue weighted by atomic mass is 10.2. The Morgan fingerprint density at radius 3 is 1.79 bits per heavy atom. The lowest BCUT2D eigenvalue weighted by Gasteiger charge is -2.12. The molecule has 0 spiro atoms. The van der Waals surface area contributed by atoms with Crippen LogP contribution >= 0.6 is 7.60 Å². The van der Waals surface area contributed by atoms with Gasteiger partial charge in [-0.25, -0.2) is 0 Å². The van der Waals surface area contributed by atoms with E-state index in [1.807, 2.05) is 0 Å². The van der Waals surface area contributed by atoms with Crippen molar-refractivity contribution in [1.29, 1.82) is 4.78 Å². The van der Waals surface area contributed by atoms with E-state index >= 15 is 0 Å². The lowest BCUT2D eigenvalue weighted by Crippen LogP contribution is -2.23. The van der Waals surface area contributed by atoms with Crippen LogP contribution in [0.3, 0.4) is 0 Å². The van der Waals surface area contributed by atoms with Crippen LogP contribution in [0.15, 0.2) is 12.1 Å². The van der Waals surface area contributed by atoms with Crippen LogP contribution in [0, 0.1) is 35.1 Å². The average molecular weight is 444 g/mol. The normalized spacial score (nSPS) is 14.1. The first-order valence-corrected chi connectivity index (χ1v) is 10.6. The highest BCUT2D eigenvalue weighted by Gasteiger charge is 2.25. The molecule has 0 heterocycles. The summed E-state index contributed by atoms with van der Waals surface area (Å²) in [7, 11) is -6.98. The maximum atomic E-state index is 11.1. The van der Waals surface area contributed by atoms with Gasteiger partial charge in [0, 0.05) is 21.7 Å². The first-order valence-electron chi connectivity index (χ1n) is 6.78. The van der Waals surface area contributed by atoms with Crippen molar-refractivity contribution in [2.24, 2.45) is 5.73 Å². The van der Waals surface area contributed by atoms with Gasteiger partial charge in [-0.15, -0.1) is 0 Å². The third kappa shape index (κ3) is 8.31. The molecule has 1 aromatic carbocycles. The summed E-state index contributed by atoms with van der Waals surface area (Å²) in [4.78, 5) is 44.5. The van der Waals surface area contributed by atoms with Gasteiger partial charge in [-0.05, 0) is 6.42 Å². The second-order valence-electron chi connectivity index (χ2n) is 5.24. The topological polar surface area (TPSA) is 277 Å². The van der Waals surface area contributed by atoms with Gasteiger partial charge in [0.25, 0.3) is 17.1 Å². The van der Waals surface area contributed by atoms with Crippen LogP contribution in [0.5, 0.6) is 5.75 Å². The van der Waals surface area contributed by atoms with E-state index in [2.05, 4.69) is 0 Å². The third-order valence-corrected chi connectivity index (χ3v) is 5.01. The summed E-state index contributed by atoms with van der Waals surface area (Å²) >= 11 is 0. The largest absolute Gasteiger partial charge is 0.863 e. The molecule has 158 valence electrons. The van der Waals surface area contributed by atoms with E-state index in [0.29, 0.717) is 12.1 Å². The molecular formula is C10H15N5O11PS-. The lowest BCUT2D eigenvalue weighted by molar-refractivity contribution is -0.420. The summed E-state index contributed by atoms with van der Waals surface area (Å²) < 4.78 is 28.2. The third-order valence-electron chi connectivity index (χ3n) is 2.87. The summed E-state index contributed by atoms with van der Waals surface area (Å²) in [6, 6.07) is 0.769. The van der Waals surface area contributed by atoms with Gasteiger partial charge in [-0.2, -0.15) is 0 Å². The van der Waals surface area contributed by atoms with Gasteiger partial charge in [0.15, 0.2) is 0 Å². The molecule has 16 nitrogen and oxygen atoms in total. The highest BCUT2D eigenvalue weighted by molar-refractivity contribution is 7.91. The first-order chi connectivity index (χ1) is 12.5. The van der Waals surface area contributed by atoms with Crippen LogP contribution in [0.2, 0.25) is 0 Å². The molecule has 2 atom stereocenters. The quantitative estimate of drug-likeness (QED) is 0.245. The molecule has 1 aromatic rings. The minimum atomic E-state index is -4.27. The van der Waals surface area contributed by atoms with Crippen molar-refractivity contribution in [3.63, 3.8) is 0 Å². The number of nitro benzene ring substituents is 3. The van der Waals surface area contributed by atoms with Crippen LogP contribution < -0.4 is 10.8 Å². The van der Waals surface area contributed by atoms with Gasteiger partial charge in [-0.3, -0.25) is 43.9 Å². The van der Waals surface area contributed by atoms with E-state index in [0.717, 1.165) is 0 Å². The molecule has 18 heteroatoms. The van der Waals surface area contributed by atoms with E-state index in [1.54, 1.807) is 0 Å². The van der Waals surface area contributed by atoms with Crippen LogP contribution in [0.1, 0.15) is 6.42 Å². The van der Waals surface area contributed by atoms with Crippen molar-refractivity contribution in [2.75, 3.05) is 12.0 Å². The number of rotatable bonds is 7. The Bertz CT molecular complexity index is 893. The molecule has 0 aliphatic rings. The Labute approximate surface area is 156 Å². The molecule has 1 rings (SSSR count). The standard InChI is InChI=1S/C6H3N3O7.C4H13N2O4PS/c10-6-4(8(13)14)1-3(7(11)12)2-5(6)9(15)16;1-12(6,10)3-2-4(5)11(7,8)9/h1-2,10H;4,6H,2-3,5H2,1H3,(H2,7,8,9)/p-1. The summed E-state index contributed by atoms with van der Waals surface area (Å²) in [5.74, 6) is -2.84. The van der Waals surface area contributed by atoms with Gasteiger partial charge in [0.05, 0.1) is 32.7 Å². The predicted molar refractivity (Wildman–Crippen MR) is 92.1 cm³/mol. The first kappa shape index (κ1) is 25.3. The van der Waals surface area contributed by atoms with E-state index in [-0.39, 0.29) is 12.2 Å². The van der Waals surface area contributed by atoms with Crippen molar-refractivity contribution < 1.29 is 38.4 Å². The molecule has 0 saturated carbocycles. The van der Waals surface area contributed by atoms with Crippen molar-refractivity contribution >= 4 is 34.4 Å². The summed E-state index contributed by atoms with van der Waals surface area (Å²) in [5.41, 5.74) is 1.82. The molecule has 0 saturated heterocycles. The van der Waals surface area contributed by atoms with Crippen LogP contribution in [0.4, 0.5) is 17.1 Å². The molecule has 5 N–H and O–H groups in total. The fraction of sp³-hybridized carbons (Fsp3) is 0.400. The fourth-order valence-electron chi connectivity index (χ4n) is 1.47. The molecule has 0 aliphatic carbocycles. The second-order valence-corrected chi connectivity index (χ2v) is 9.50. The molecule has 2 unspecified atom stereocenters. The Kier molecular flexibility index (Phi) is 8.55. The van der Waals surface area contributed by atoms with Crippen LogP contribution in [-0.4, -0.2) is 46.6 Å². The number of nitrogens with zero attached hydrogens (tertiary/aromatic N) is 3. The highest BCUT2D eigenvalue weighted by Crippen LogP contribution is 2.39. The zero-order valence-electron chi connectivity index (χ0n) is 14.0. The number of nitrogens with one attached hydrogen (secondary N) is 1. The smallest absolute Gasteiger partial charge is 0.342 e. The Hall–Kier alpha value is -2.72. The molecule has 28 heavy (non-hydrogen) atoms. The van der Waals surface area contributed by atoms with E-state index in [4.69, 9.17) is 20.3 Å². The van der Waals surface area contributed by atoms with E-state index < -0.39 is 60.7 Å². The minimum Gasteiger partial charge on any atom is -0.863 e. The summed E-state index contributed by atoms with van der Waals surface area (Å²) in [6.07, 6.45) is 1.11. The van der Waals surface area contributed by atoms with Crippen molar-refractivity contribution in [1.82, 2.24) is 0 Å². The zero-order chi connectivity index (χ0) is 22.4. The maximum Gasteiger partial charge on any atom is 0.342 e. The van der Waals surface area contributed by atoms with E-state index in [1.165, 1.54) is 6.26 Å². The van der Waals surface area contributed by atoms with Gasteiger partial charge >= 0.3 is 7.60 Å². The Morgan fingerprint density at radius 2 is 1.54 bits per heavy atom. The molecular weight excluding hydrogens is 429 g/mol. The van der Waals surface area contributed by atoms with Crippen molar-refractivity contribution in [3.05, 3.63) is 42.5 Å². The maximum absolute atomic E-state index is 11.1. The average Bonchev–Trinajstić information content (AvgIpc) is 2.50. The summed E-state index contributed by atoms with van der Waals surface area (Å²) in [5, 5.41) is 42.1. The fourth-order valence-corrected chi connectivity index (χ4v) is 2.82. The number of non-ortho nitro benzene ring substituents is 1. The second kappa shape index (κ2) is 9.47. The minimum absolute atomic E-state index is 0.0841. The number of hydrogen-bond donors (Lipinski definition) is 4. The molecule has 0 amide bonds. The van der Waals surface area contributed by atoms with Gasteiger partial charge < -0.3 is 20.6 Å². The molecule has 0 aromatic heterocycles. The SMILES string of the molecule is CS(=N)(=O)CCC(N)P(=O)(O)O.O=[N+]([O-])c1cc([N+](=O)[O-])c([O-])c([N+](=O)[O-])c1. The van der Waals surface area contributed by atoms with Crippen LogP contribution in [0.25, 0.3) is 0 Å². The number of benzene rings is 1. The van der Waals surface area contributed by atoms with Gasteiger partial charge in [0.1, 0.15) is 5.78 Å². The number of hydrogen-bond acceptors (Lipinski definition) is 11. The monoisotopic (exact) mass is 444 g/mol. The predicted octanol–water partition coefficient (Wildman–Crippen LogP) is 0.000370. The van der Waals surface area contributed by atoms with Gasteiger partial charge in [0.2, 0.25) is 0 Å². The van der Waals surface area contributed by atoms with Crippen molar-refractivity contribution in [2.45, 2.75) is 12.2 Å². The molecule has 0 bridgehead atoms. The Balaban J connectivity index is 0.000000546. The van der Waals surface area contributed by atoms with E-state index in [9.17, 15) is 44.2 Å². The van der Waals surface area contributed by atoms with Crippen LogP contribution in [-0.2, 0) is 14.3 Å².